The fourth-order valence-electron chi connectivity index (χ4n) is 8.33. The molecule has 7 amide bonds. The van der Waals surface area contributed by atoms with Gasteiger partial charge in [0.2, 0.25) is 41.4 Å². The number of carboxylic acid groups (broad SMARTS) is 1. The van der Waals surface area contributed by atoms with Crippen LogP contribution in [0.5, 0.6) is 5.75 Å². The molecule has 20 nitrogen and oxygen atoms in total. The third kappa shape index (κ3) is 15.7. The summed E-state index contributed by atoms with van der Waals surface area (Å²) in [5.41, 5.74) is 1.08. The number of amides is 7. The average molecular weight is 964 g/mol. The molecule has 20 heteroatoms. The van der Waals surface area contributed by atoms with Gasteiger partial charge in [-0.3, -0.25) is 38.4 Å². The third-order valence-electron chi connectivity index (χ3n) is 12.2. The molecule has 2 aromatic carbocycles. The summed E-state index contributed by atoms with van der Waals surface area (Å²) in [4.78, 5) is 128. The van der Waals surface area contributed by atoms with Crippen LogP contribution >= 0.6 is 0 Å². The van der Waals surface area contributed by atoms with Crippen molar-refractivity contribution in [3.63, 3.8) is 0 Å². The maximum Gasteiger partial charge on any atom is 0.329 e. The number of aliphatic hydroxyl groups is 1. The second-order valence-corrected chi connectivity index (χ2v) is 18.6. The van der Waals surface area contributed by atoms with Crippen molar-refractivity contribution in [2.45, 2.75) is 160 Å². The average Bonchev–Trinajstić information content (AvgIpc) is 3.28. The van der Waals surface area contributed by atoms with E-state index in [-0.39, 0.29) is 50.2 Å². The summed E-state index contributed by atoms with van der Waals surface area (Å²) >= 11 is 0. The van der Waals surface area contributed by atoms with Crippen LogP contribution in [0.3, 0.4) is 0 Å². The number of fused-ring (bicyclic) bond motifs is 2. The first-order valence-corrected chi connectivity index (χ1v) is 23.6. The van der Waals surface area contributed by atoms with Crippen LogP contribution in [0, 0.1) is 11.8 Å². The number of esters is 1. The van der Waals surface area contributed by atoms with Gasteiger partial charge in [0.1, 0.15) is 60.4 Å². The van der Waals surface area contributed by atoms with Crippen molar-refractivity contribution in [1.82, 2.24) is 36.4 Å². The van der Waals surface area contributed by atoms with E-state index in [9.17, 15) is 58.5 Å². The Labute approximate surface area is 402 Å². The number of carbonyl (C=O) groups is 9. The van der Waals surface area contributed by atoms with Gasteiger partial charge in [0.15, 0.2) is 0 Å². The Balaban J connectivity index is 1.87. The molecule has 378 valence electrons. The van der Waals surface area contributed by atoms with Crippen molar-refractivity contribution in [2.75, 3.05) is 7.05 Å². The highest BCUT2D eigenvalue weighted by atomic mass is 16.5. The van der Waals surface area contributed by atoms with Gasteiger partial charge in [-0.1, -0.05) is 89.9 Å². The molecule has 2 saturated heterocycles. The Kier molecular flexibility index (Phi) is 20.5. The predicted octanol–water partition coefficient (Wildman–Crippen LogP) is 1.44. The minimum Gasteiger partial charge on any atom is -0.508 e. The lowest BCUT2D eigenvalue weighted by Gasteiger charge is -2.43. The highest BCUT2D eigenvalue weighted by Gasteiger charge is 2.46. The molecule has 0 aromatic heterocycles. The van der Waals surface area contributed by atoms with Crippen LogP contribution in [-0.4, -0.2) is 140 Å². The Morgan fingerprint density at radius 1 is 0.812 bits per heavy atom. The number of rotatable bonds is 16. The van der Waals surface area contributed by atoms with E-state index >= 15 is 0 Å². The molecule has 0 saturated carbocycles. The quantitative estimate of drug-likeness (QED) is 0.0875. The molecule has 2 aromatic rings. The number of aliphatic hydroxyl groups excluding tert-OH is 1. The minimum atomic E-state index is -1.87. The number of likely N-dealkylation sites (N-methyl/N-ethyl adjacent to an activating group) is 1. The number of nitrogens with zero attached hydrogens (tertiary/aromatic N) is 2. The fraction of sp³-hybridized carbons (Fsp3) is 0.571. The number of aromatic hydroxyl groups is 1. The monoisotopic (exact) mass is 963 g/mol. The Bertz CT molecular complexity index is 2140. The van der Waals surface area contributed by atoms with E-state index in [2.05, 4.69) is 26.6 Å². The molecule has 0 spiro atoms. The van der Waals surface area contributed by atoms with Crippen LogP contribution in [0.1, 0.15) is 104 Å². The van der Waals surface area contributed by atoms with Gasteiger partial charge in [-0.2, -0.15) is 0 Å². The second kappa shape index (κ2) is 25.7. The molecule has 8 N–H and O–H groups in total. The number of hydrogen-bond acceptors (Lipinski definition) is 12. The van der Waals surface area contributed by atoms with E-state index in [1.807, 2.05) is 20.8 Å². The van der Waals surface area contributed by atoms with Crippen molar-refractivity contribution in [1.29, 1.82) is 0 Å². The van der Waals surface area contributed by atoms with E-state index in [1.165, 1.54) is 43.1 Å². The largest absolute Gasteiger partial charge is 0.508 e. The first-order valence-electron chi connectivity index (χ1n) is 23.6. The Morgan fingerprint density at radius 3 is 2.07 bits per heavy atom. The van der Waals surface area contributed by atoms with Gasteiger partial charge in [0, 0.05) is 26.3 Å². The number of benzene rings is 2. The number of aliphatic carboxylic acids is 1. The SMILES string of the molecule is CCCCCC(=O)NC(CC(=O)O)C(=O)NC1C(=O)NC(Cc2ccc(O)cc2)C(=O)NC2CCC(O)N(C2=O)C(CC(C)C)C(=O)N(C)C(Cc2ccccc2)C(=O)NC(C(C)C)C(=O)OC1C. The van der Waals surface area contributed by atoms with Crippen LogP contribution in [-0.2, 0) is 60.7 Å². The van der Waals surface area contributed by atoms with Gasteiger partial charge in [-0.25, -0.2) is 4.79 Å². The summed E-state index contributed by atoms with van der Waals surface area (Å²) in [5, 5.41) is 44.0. The molecule has 69 heavy (non-hydrogen) atoms. The maximum atomic E-state index is 14.8. The Morgan fingerprint density at radius 2 is 1.46 bits per heavy atom. The van der Waals surface area contributed by atoms with Gasteiger partial charge in [-0.15, -0.1) is 0 Å². The summed E-state index contributed by atoms with van der Waals surface area (Å²) in [6, 6.07) is 3.99. The number of ether oxygens (including phenoxy) is 1. The normalized spacial score (nSPS) is 24.8. The van der Waals surface area contributed by atoms with E-state index < -0.39 is 120 Å². The number of carbonyl (C=O) groups excluding carboxylic acids is 8. The summed E-state index contributed by atoms with van der Waals surface area (Å²) in [7, 11) is 1.39. The van der Waals surface area contributed by atoms with Gasteiger partial charge < -0.3 is 56.4 Å². The van der Waals surface area contributed by atoms with Gasteiger partial charge in [0.05, 0.1) is 6.42 Å². The molecule has 2 fully saturated rings. The zero-order valence-electron chi connectivity index (χ0n) is 40.4. The first-order chi connectivity index (χ1) is 32.6. The van der Waals surface area contributed by atoms with E-state index in [1.54, 1.807) is 44.2 Å². The van der Waals surface area contributed by atoms with Crippen molar-refractivity contribution in [2.24, 2.45) is 11.8 Å². The summed E-state index contributed by atoms with van der Waals surface area (Å²) in [6.45, 7) is 10.1. The second-order valence-electron chi connectivity index (χ2n) is 18.6. The Hall–Kier alpha value is -6.57. The number of piperidine rings is 1. The molecular formula is C49H69N7O13. The molecule has 0 radical (unpaired) electrons. The van der Waals surface area contributed by atoms with Gasteiger partial charge in [-0.05, 0) is 67.7 Å². The van der Waals surface area contributed by atoms with Crippen LogP contribution in [0.15, 0.2) is 54.6 Å². The number of cyclic esters (lactones) is 1. The molecule has 0 aliphatic carbocycles. The third-order valence-corrected chi connectivity index (χ3v) is 12.2. The number of phenolic OH excluding ortho intramolecular Hbond substituents is 1. The van der Waals surface area contributed by atoms with E-state index in [0.717, 1.165) is 11.3 Å². The maximum absolute atomic E-state index is 14.8. The highest BCUT2D eigenvalue weighted by Crippen LogP contribution is 2.26. The van der Waals surface area contributed by atoms with E-state index in [0.29, 0.717) is 24.0 Å². The first kappa shape index (κ1) is 55.0. The van der Waals surface area contributed by atoms with Crippen LogP contribution in [0.25, 0.3) is 0 Å². The molecule has 2 heterocycles. The van der Waals surface area contributed by atoms with Crippen molar-refractivity contribution < 1.29 is 63.2 Å². The number of nitrogens with one attached hydrogen (secondary N) is 5. The fourth-order valence-corrected chi connectivity index (χ4v) is 8.33. The highest BCUT2D eigenvalue weighted by molar-refractivity contribution is 5.99. The molecule has 9 unspecified atom stereocenters. The minimum absolute atomic E-state index is 0.0136. The predicted molar refractivity (Wildman–Crippen MR) is 250 cm³/mol. The summed E-state index contributed by atoms with van der Waals surface area (Å²) in [5.74, 6) is -9.51. The molecule has 2 aliphatic rings. The zero-order valence-corrected chi connectivity index (χ0v) is 40.4. The number of unbranched alkanes of at least 4 members (excludes halogenated alkanes) is 2. The standard InChI is InChI=1S/C49H69N7O13/c1-8-9-11-16-38(58)50-35(26-40(60)61)44(63)54-42-29(6)69-49(68)41(28(4)5)53-45(64)36(25-30-14-12-10-13-15-30)55(7)48(67)37(23-27(2)3)56-39(59)22-21-33(47(56)66)51-43(62)34(52-46(42)65)24-31-17-19-32(57)20-18-31/h10,12-15,17-20,27-29,33-37,39,41-42,57,59H,8-9,11,16,21-26H2,1-7H3,(H,50,58)(H,51,62)(H,52,65)(H,53,64)(H,54,63)(H,60,61). The van der Waals surface area contributed by atoms with Crippen molar-refractivity contribution in [3.05, 3.63) is 65.7 Å². The van der Waals surface area contributed by atoms with Crippen LogP contribution < -0.4 is 26.6 Å². The number of phenols is 1. The summed E-state index contributed by atoms with van der Waals surface area (Å²) in [6.07, 6.45) is -2.41. The van der Waals surface area contributed by atoms with Crippen molar-refractivity contribution in [3.8, 4) is 5.75 Å². The van der Waals surface area contributed by atoms with Gasteiger partial charge >= 0.3 is 11.9 Å². The lowest BCUT2D eigenvalue weighted by Crippen LogP contribution is -2.65. The zero-order chi connectivity index (χ0) is 51.1. The molecule has 2 bridgehead atoms. The lowest BCUT2D eigenvalue weighted by atomic mass is 9.94. The topological polar surface area (TPSA) is 290 Å². The number of hydrogen-bond donors (Lipinski definition) is 8. The molecule has 9 atom stereocenters. The number of carboxylic acids is 1. The smallest absolute Gasteiger partial charge is 0.329 e. The van der Waals surface area contributed by atoms with Gasteiger partial charge in [0.25, 0.3) is 0 Å². The van der Waals surface area contributed by atoms with Crippen molar-refractivity contribution >= 4 is 53.3 Å². The van der Waals surface area contributed by atoms with E-state index in [4.69, 9.17) is 4.74 Å². The molecular weight excluding hydrogens is 895 g/mol. The molecule has 4 rings (SSSR count). The van der Waals surface area contributed by atoms with Crippen LogP contribution in [0.2, 0.25) is 0 Å². The molecule has 2 aliphatic heterocycles. The van der Waals surface area contributed by atoms with Crippen LogP contribution in [0.4, 0.5) is 0 Å². The lowest BCUT2D eigenvalue weighted by molar-refractivity contribution is -0.166. The summed E-state index contributed by atoms with van der Waals surface area (Å²) < 4.78 is 5.85.